The monoisotopic (exact) mass is 922 g/mol. The van der Waals surface area contributed by atoms with Crippen LogP contribution in [0.3, 0.4) is 0 Å². The molecule has 1 N–H and O–H groups in total. The summed E-state index contributed by atoms with van der Waals surface area (Å²) in [5.74, 6) is -0.841. The summed E-state index contributed by atoms with van der Waals surface area (Å²) in [6.07, 6.45) is 9.53. The van der Waals surface area contributed by atoms with Crippen molar-refractivity contribution in [2.45, 2.75) is 75.4 Å². The number of rotatable bonds is 28. The highest BCUT2D eigenvalue weighted by Gasteiger charge is 2.50. The fraction of sp³-hybridized carbons (Fsp3) is 0.328. The van der Waals surface area contributed by atoms with Crippen LogP contribution in [-0.2, 0) is 38.5 Å². The van der Waals surface area contributed by atoms with Gasteiger partial charge in [0.2, 0.25) is 0 Å². The van der Waals surface area contributed by atoms with Gasteiger partial charge in [-0.2, -0.15) is 0 Å². The summed E-state index contributed by atoms with van der Waals surface area (Å²) in [5, 5.41) is 15.4. The molecule has 0 spiro atoms. The van der Waals surface area contributed by atoms with Gasteiger partial charge in [0.05, 0.1) is 25.9 Å². The first-order valence-corrected chi connectivity index (χ1v) is 25.2. The van der Waals surface area contributed by atoms with E-state index in [1.807, 2.05) is 85.8 Å². The van der Waals surface area contributed by atoms with E-state index in [0.717, 1.165) is 33.1 Å². The quantitative estimate of drug-likeness (QED) is 0.0101. The fourth-order valence-electron chi connectivity index (χ4n) is 8.84. The molecule has 0 saturated carbocycles. The summed E-state index contributed by atoms with van der Waals surface area (Å²) < 4.78 is 38.3. The number of carbonyl (C=O) groups is 1. The molecule has 4 atom stereocenters. The maximum atomic E-state index is 13.4. The molecule has 354 valence electrons. The third kappa shape index (κ3) is 13.6. The van der Waals surface area contributed by atoms with Crippen molar-refractivity contribution < 1.29 is 38.0 Å². The fourth-order valence-corrected chi connectivity index (χ4v) is 13.4. The lowest BCUT2D eigenvalue weighted by Gasteiger charge is -2.43. The zero-order valence-electron chi connectivity index (χ0n) is 40.0. The summed E-state index contributed by atoms with van der Waals surface area (Å²) >= 11 is 0. The lowest BCUT2D eigenvalue weighted by Crippen LogP contribution is -2.66. The molecule has 5 rings (SSSR count). The average molecular weight is 923 g/mol. The highest BCUT2D eigenvalue weighted by molar-refractivity contribution is 6.99. The Hall–Kier alpha value is -5.49. The second-order valence-corrected chi connectivity index (χ2v) is 21.8. The number of benzene rings is 5. The molecule has 0 bridgehead atoms. The molecule has 0 saturated heterocycles. The van der Waals surface area contributed by atoms with Crippen molar-refractivity contribution in [3.8, 4) is 0 Å². The molecule has 5 aromatic carbocycles. The molecule has 0 aliphatic heterocycles. The lowest BCUT2D eigenvalue weighted by molar-refractivity contribution is -0.152. The van der Waals surface area contributed by atoms with Gasteiger partial charge in [-0.05, 0) is 51.0 Å². The number of carbonyl (C=O) groups excluding carboxylic acids is 1. The summed E-state index contributed by atoms with van der Waals surface area (Å²) in [4.78, 5) is 12.9. The molecule has 0 aliphatic rings. The minimum atomic E-state index is -2.97. The SMILES string of the molecule is C=CCOC/C=C/[C@H](CC)[C@@H](/C=C/[C@](O)(CCOC(c1ccccc1)(c1ccccc1)c1ccccc1)[C@@H](CCO[Si](c1ccccc1)(c1ccccc1)C(C)(C)C)OCOC)OC(=O)C=C. The molecule has 67 heavy (non-hydrogen) atoms. The molecule has 9 heteroatoms. The summed E-state index contributed by atoms with van der Waals surface area (Å²) in [5.41, 5.74) is 0.0457. The topological polar surface area (TPSA) is 92.7 Å². The third-order valence-electron chi connectivity index (χ3n) is 12.1. The van der Waals surface area contributed by atoms with Crippen LogP contribution in [0.4, 0.5) is 0 Å². The van der Waals surface area contributed by atoms with E-state index in [9.17, 15) is 9.90 Å². The lowest BCUT2D eigenvalue weighted by atomic mass is 9.80. The van der Waals surface area contributed by atoms with Crippen molar-refractivity contribution in [2.75, 3.05) is 40.3 Å². The minimum absolute atomic E-state index is 0.0789. The van der Waals surface area contributed by atoms with Crippen LogP contribution in [0.2, 0.25) is 5.04 Å². The largest absolute Gasteiger partial charge is 0.454 e. The Morgan fingerprint density at radius 3 is 1.67 bits per heavy atom. The van der Waals surface area contributed by atoms with E-state index in [-0.39, 0.29) is 43.8 Å². The van der Waals surface area contributed by atoms with Crippen molar-refractivity contribution in [1.82, 2.24) is 0 Å². The second kappa shape index (κ2) is 26.2. The average Bonchev–Trinajstić information content (AvgIpc) is 3.36. The Labute approximate surface area is 400 Å². The number of ether oxygens (including phenoxy) is 5. The van der Waals surface area contributed by atoms with Crippen LogP contribution < -0.4 is 10.4 Å². The van der Waals surface area contributed by atoms with Crippen molar-refractivity contribution in [3.05, 3.63) is 218 Å². The van der Waals surface area contributed by atoms with Gasteiger partial charge in [0, 0.05) is 32.1 Å². The molecule has 0 fully saturated rings. The van der Waals surface area contributed by atoms with E-state index < -0.39 is 37.7 Å². The van der Waals surface area contributed by atoms with E-state index in [2.05, 4.69) is 119 Å². The Morgan fingerprint density at radius 2 is 1.22 bits per heavy atom. The molecule has 5 aromatic rings. The second-order valence-electron chi connectivity index (χ2n) is 17.5. The predicted molar refractivity (Wildman–Crippen MR) is 273 cm³/mol. The van der Waals surface area contributed by atoms with E-state index in [1.165, 1.54) is 0 Å². The van der Waals surface area contributed by atoms with Crippen molar-refractivity contribution in [3.63, 3.8) is 0 Å². The molecule has 8 nitrogen and oxygen atoms in total. The standard InChI is InChI=1S/C58H70O8Si/c1-8-42-62-43-26-27-47(9-2)53(66-55(59)10-3)38-40-57(60,41-45-64-58(48-28-16-11-17-29-48,49-30-18-12-19-31-49)50-32-20-13-21-33-50)54(63-46-61-7)39-44-65-67(56(4,5)6,51-34-22-14-23-35-51)52-36-24-15-25-37-52/h8,10-38,40,47,53-54,60H,1,3,9,39,41-46H2,2,4-7H3/b27-26+,40-38+/t47-,53+,54+,57-/m0/s1. The van der Waals surface area contributed by atoms with Gasteiger partial charge in [-0.1, -0.05) is 210 Å². The molecule has 0 unspecified atom stereocenters. The Balaban J connectivity index is 1.61. The van der Waals surface area contributed by atoms with Crippen LogP contribution in [0.5, 0.6) is 0 Å². The first kappa shape index (κ1) is 52.5. The molecule has 0 radical (unpaired) electrons. The van der Waals surface area contributed by atoms with Gasteiger partial charge < -0.3 is 33.2 Å². The molecule has 0 aliphatic carbocycles. The van der Waals surface area contributed by atoms with E-state index in [1.54, 1.807) is 25.3 Å². The van der Waals surface area contributed by atoms with Crippen LogP contribution in [0.25, 0.3) is 0 Å². The van der Waals surface area contributed by atoms with Crippen LogP contribution in [0.15, 0.2) is 201 Å². The number of hydrogen-bond donors (Lipinski definition) is 1. The van der Waals surface area contributed by atoms with E-state index in [0.29, 0.717) is 19.6 Å². The summed E-state index contributed by atoms with van der Waals surface area (Å²) in [6.45, 7) is 17.1. The zero-order chi connectivity index (χ0) is 48.0. The Bertz CT molecular complexity index is 2130. The summed E-state index contributed by atoms with van der Waals surface area (Å²) in [6, 6.07) is 51.4. The third-order valence-corrected chi connectivity index (χ3v) is 17.2. The van der Waals surface area contributed by atoms with Gasteiger partial charge in [-0.25, -0.2) is 4.79 Å². The van der Waals surface area contributed by atoms with Gasteiger partial charge in [0.15, 0.2) is 0 Å². The molecule has 0 aromatic heterocycles. The number of aliphatic hydroxyl groups is 1. The maximum Gasteiger partial charge on any atom is 0.330 e. The summed E-state index contributed by atoms with van der Waals surface area (Å²) in [7, 11) is -1.41. The molecular weight excluding hydrogens is 853 g/mol. The number of methoxy groups -OCH3 is 1. The maximum absolute atomic E-state index is 13.4. The predicted octanol–water partition coefficient (Wildman–Crippen LogP) is 10.5. The van der Waals surface area contributed by atoms with Crippen LogP contribution in [0, 0.1) is 5.92 Å². The number of esters is 1. The van der Waals surface area contributed by atoms with E-state index in [4.69, 9.17) is 28.1 Å². The van der Waals surface area contributed by atoms with Gasteiger partial charge in [0.1, 0.15) is 24.1 Å². The highest BCUT2D eigenvalue weighted by atomic mass is 28.4. The van der Waals surface area contributed by atoms with Gasteiger partial charge in [-0.3, -0.25) is 0 Å². The van der Waals surface area contributed by atoms with Gasteiger partial charge >= 0.3 is 5.97 Å². The van der Waals surface area contributed by atoms with Gasteiger partial charge in [0.25, 0.3) is 8.32 Å². The van der Waals surface area contributed by atoms with Crippen LogP contribution in [0.1, 0.15) is 63.6 Å². The number of hydrogen-bond acceptors (Lipinski definition) is 8. The normalized spacial score (nSPS) is 14.6. The van der Waals surface area contributed by atoms with E-state index >= 15 is 0 Å². The zero-order valence-corrected chi connectivity index (χ0v) is 41.0. The molecule has 0 heterocycles. The van der Waals surface area contributed by atoms with Crippen molar-refractivity contribution in [1.29, 1.82) is 0 Å². The Morgan fingerprint density at radius 1 is 0.716 bits per heavy atom. The smallest absolute Gasteiger partial charge is 0.330 e. The highest BCUT2D eigenvalue weighted by Crippen LogP contribution is 2.42. The molecule has 0 amide bonds. The minimum Gasteiger partial charge on any atom is -0.454 e. The van der Waals surface area contributed by atoms with Crippen molar-refractivity contribution in [2.24, 2.45) is 5.92 Å². The van der Waals surface area contributed by atoms with Crippen molar-refractivity contribution >= 4 is 24.7 Å². The first-order chi connectivity index (χ1) is 32.5. The van der Waals surface area contributed by atoms with Crippen LogP contribution >= 0.6 is 0 Å². The van der Waals surface area contributed by atoms with Gasteiger partial charge in [-0.15, -0.1) is 6.58 Å². The Kier molecular flexibility index (Phi) is 20.5. The molecular formula is C58H70O8Si. The van der Waals surface area contributed by atoms with Crippen LogP contribution in [-0.4, -0.2) is 77.5 Å². The first-order valence-electron chi connectivity index (χ1n) is 23.2.